The Morgan fingerprint density at radius 2 is 2.14 bits per heavy atom. The van der Waals surface area contributed by atoms with Gasteiger partial charge in [0, 0.05) is 22.8 Å². The average Bonchev–Trinajstić information content (AvgIpc) is 3.22. The fraction of sp³-hybridized carbons (Fsp3) is 0.333. The Hall–Kier alpha value is -2.80. The van der Waals surface area contributed by atoms with Crippen molar-refractivity contribution in [3.05, 3.63) is 63.9 Å². The van der Waals surface area contributed by atoms with Gasteiger partial charge in [-0.05, 0) is 56.9 Å². The highest BCUT2D eigenvalue weighted by atomic mass is 35.5. The zero-order chi connectivity index (χ0) is 20.1. The van der Waals surface area contributed by atoms with Gasteiger partial charge >= 0.3 is 0 Å². The molecule has 148 valence electrons. The van der Waals surface area contributed by atoms with Gasteiger partial charge in [-0.1, -0.05) is 11.6 Å². The molecule has 29 heavy (non-hydrogen) atoms. The topological polar surface area (TPSA) is 74.8 Å². The highest BCUT2D eigenvalue weighted by Gasteiger charge is 2.43. The van der Waals surface area contributed by atoms with Gasteiger partial charge in [0.15, 0.2) is 0 Å². The SMILES string of the molecule is Cc1nc(-c2ccn[nH]2)c2c(n1)[C@H]1CCC[C@@H](C2)N1C(=O)c1ccc(Cl)cc1F. The van der Waals surface area contributed by atoms with E-state index in [-0.39, 0.29) is 28.6 Å². The maximum Gasteiger partial charge on any atom is 0.257 e. The minimum absolute atomic E-state index is 0.0168. The molecular weight excluding hydrogens is 393 g/mol. The predicted molar refractivity (Wildman–Crippen MR) is 106 cm³/mol. The number of nitrogens with zero attached hydrogens (tertiary/aromatic N) is 4. The van der Waals surface area contributed by atoms with Gasteiger partial charge in [-0.15, -0.1) is 0 Å². The minimum atomic E-state index is -0.594. The molecule has 2 aliphatic rings. The van der Waals surface area contributed by atoms with Crippen molar-refractivity contribution in [2.24, 2.45) is 0 Å². The van der Waals surface area contributed by atoms with Gasteiger partial charge in [-0.3, -0.25) is 9.89 Å². The van der Waals surface area contributed by atoms with Crippen LogP contribution in [-0.2, 0) is 6.42 Å². The first kappa shape index (κ1) is 18.2. The quantitative estimate of drug-likeness (QED) is 0.683. The molecule has 0 unspecified atom stereocenters. The van der Waals surface area contributed by atoms with Crippen LogP contribution in [0.25, 0.3) is 11.4 Å². The van der Waals surface area contributed by atoms with Crippen LogP contribution in [-0.4, -0.2) is 37.0 Å². The summed E-state index contributed by atoms with van der Waals surface area (Å²) in [5.41, 5.74) is 3.64. The Labute approximate surface area is 172 Å². The predicted octanol–water partition coefficient (Wildman–Crippen LogP) is 4.26. The van der Waals surface area contributed by atoms with E-state index in [9.17, 15) is 9.18 Å². The second-order valence-corrected chi connectivity index (χ2v) is 8.03. The van der Waals surface area contributed by atoms with Gasteiger partial charge in [0.25, 0.3) is 5.91 Å². The lowest BCUT2D eigenvalue weighted by Crippen LogP contribution is -2.50. The molecule has 1 amide bonds. The second kappa shape index (κ2) is 6.91. The van der Waals surface area contributed by atoms with Crippen molar-refractivity contribution in [2.75, 3.05) is 0 Å². The molecule has 1 fully saturated rings. The van der Waals surface area contributed by atoms with Gasteiger partial charge in [0.1, 0.15) is 11.6 Å². The van der Waals surface area contributed by atoms with Crippen molar-refractivity contribution in [3.8, 4) is 11.4 Å². The molecule has 2 aromatic heterocycles. The number of carbonyl (C=O) groups is 1. The Morgan fingerprint density at radius 3 is 2.90 bits per heavy atom. The third-order valence-electron chi connectivity index (χ3n) is 5.80. The van der Waals surface area contributed by atoms with Crippen LogP contribution < -0.4 is 0 Å². The van der Waals surface area contributed by atoms with E-state index >= 15 is 0 Å². The second-order valence-electron chi connectivity index (χ2n) is 7.59. The molecule has 0 spiro atoms. The van der Waals surface area contributed by atoms with E-state index in [2.05, 4.69) is 15.2 Å². The zero-order valence-corrected chi connectivity index (χ0v) is 16.6. The third kappa shape index (κ3) is 3.00. The lowest BCUT2D eigenvalue weighted by molar-refractivity contribution is 0.0384. The van der Waals surface area contributed by atoms with Crippen LogP contribution >= 0.6 is 11.6 Å². The van der Waals surface area contributed by atoms with Gasteiger partial charge in [-0.25, -0.2) is 14.4 Å². The third-order valence-corrected chi connectivity index (χ3v) is 6.04. The smallest absolute Gasteiger partial charge is 0.257 e. The number of hydrogen-bond acceptors (Lipinski definition) is 4. The Bertz CT molecular complexity index is 1100. The molecule has 0 aliphatic carbocycles. The first-order chi connectivity index (χ1) is 14.0. The highest BCUT2D eigenvalue weighted by molar-refractivity contribution is 6.30. The minimum Gasteiger partial charge on any atom is -0.327 e. The largest absolute Gasteiger partial charge is 0.327 e. The number of H-pyrrole nitrogens is 1. The summed E-state index contributed by atoms with van der Waals surface area (Å²) in [4.78, 5) is 24.5. The molecule has 1 aromatic carbocycles. The number of fused-ring (bicyclic) bond motifs is 4. The maximum absolute atomic E-state index is 14.5. The lowest BCUT2D eigenvalue weighted by Gasteiger charge is -2.46. The first-order valence-electron chi connectivity index (χ1n) is 9.68. The van der Waals surface area contributed by atoms with Gasteiger partial charge in [0.05, 0.1) is 28.7 Å². The summed E-state index contributed by atoms with van der Waals surface area (Å²) in [5, 5.41) is 7.31. The fourth-order valence-electron chi connectivity index (χ4n) is 4.60. The molecule has 2 atom stereocenters. The molecule has 1 saturated heterocycles. The molecule has 2 bridgehead atoms. The van der Waals surface area contributed by atoms with Crippen LogP contribution in [0.2, 0.25) is 5.02 Å². The molecule has 0 saturated carbocycles. The average molecular weight is 412 g/mol. The molecule has 3 aromatic rings. The summed E-state index contributed by atoms with van der Waals surface area (Å²) >= 11 is 5.86. The number of benzene rings is 1. The number of nitrogens with one attached hydrogen (secondary N) is 1. The van der Waals surface area contributed by atoms with Crippen LogP contribution in [0.1, 0.15) is 52.7 Å². The van der Waals surface area contributed by atoms with Crippen LogP contribution in [0, 0.1) is 12.7 Å². The standard InChI is InChI=1S/C21H19ClFN5O/c1-11-25-19(17-7-8-24-27-17)15-10-13-3-2-4-18(20(15)26-11)28(13)21(29)14-6-5-12(22)9-16(14)23/h5-9,13,18H,2-4,10H2,1H3,(H,24,27)/t13-,18+/m0/s1. The van der Waals surface area contributed by atoms with Crippen molar-refractivity contribution in [1.82, 2.24) is 25.1 Å². The maximum atomic E-state index is 14.5. The van der Waals surface area contributed by atoms with Crippen molar-refractivity contribution >= 4 is 17.5 Å². The van der Waals surface area contributed by atoms with Gasteiger partial charge < -0.3 is 4.90 Å². The monoisotopic (exact) mass is 411 g/mol. The van der Waals surface area contributed by atoms with E-state index in [1.54, 1.807) is 12.3 Å². The summed E-state index contributed by atoms with van der Waals surface area (Å²) in [6.45, 7) is 1.85. The highest BCUT2D eigenvalue weighted by Crippen LogP contribution is 2.44. The van der Waals surface area contributed by atoms with Crippen LogP contribution in [0.4, 0.5) is 4.39 Å². The van der Waals surface area contributed by atoms with Gasteiger partial charge in [-0.2, -0.15) is 5.10 Å². The molecule has 5 rings (SSSR count). The number of amides is 1. The normalized spacial score (nSPS) is 20.4. The number of rotatable bonds is 2. The van der Waals surface area contributed by atoms with E-state index in [1.165, 1.54) is 12.1 Å². The molecule has 8 heteroatoms. The van der Waals surface area contributed by atoms with E-state index in [0.29, 0.717) is 12.2 Å². The number of aryl methyl sites for hydroxylation is 1. The molecule has 0 radical (unpaired) electrons. The van der Waals surface area contributed by atoms with Crippen molar-refractivity contribution in [3.63, 3.8) is 0 Å². The van der Waals surface area contributed by atoms with Crippen LogP contribution in [0.3, 0.4) is 0 Å². The number of carbonyl (C=O) groups excluding carboxylic acids is 1. The van der Waals surface area contributed by atoms with E-state index in [0.717, 1.165) is 41.9 Å². The van der Waals surface area contributed by atoms with Crippen LogP contribution in [0.5, 0.6) is 0 Å². The summed E-state index contributed by atoms with van der Waals surface area (Å²) < 4.78 is 14.5. The van der Waals surface area contributed by atoms with Crippen LogP contribution in [0.15, 0.2) is 30.5 Å². The molecule has 1 N–H and O–H groups in total. The summed E-state index contributed by atoms with van der Waals surface area (Å²) in [6, 6.07) is 5.88. The lowest BCUT2D eigenvalue weighted by atomic mass is 9.81. The van der Waals surface area contributed by atoms with Crippen molar-refractivity contribution in [1.29, 1.82) is 0 Å². The molecule has 2 aliphatic heterocycles. The van der Waals surface area contributed by atoms with E-state index < -0.39 is 5.82 Å². The van der Waals surface area contributed by atoms with Crippen molar-refractivity contribution in [2.45, 2.75) is 44.7 Å². The van der Waals surface area contributed by atoms with E-state index in [1.807, 2.05) is 17.9 Å². The summed E-state index contributed by atoms with van der Waals surface area (Å²) in [5.74, 6) is -0.260. The Kier molecular flexibility index (Phi) is 4.35. The summed E-state index contributed by atoms with van der Waals surface area (Å²) in [6.07, 6.45) is 5.00. The molecular formula is C21H19ClFN5O. The van der Waals surface area contributed by atoms with Gasteiger partial charge in [0.2, 0.25) is 0 Å². The number of halogens is 2. The first-order valence-corrected chi connectivity index (χ1v) is 10.1. The van der Waals surface area contributed by atoms with Crippen molar-refractivity contribution < 1.29 is 9.18 Å². The van der Waals surface area contributed by atoms with E-state index in [4.69, 9.17) is 16.6 Å². The Morgan fingerprint density at radius 1 is 1.28 bits per heavy atom. The Balaban J connectivity index is 1.61. The number of aromatic amines is 1. The molecule has 4 heterocycles. The number of hydrogen-bond donors (Lipinski definition) is 1. The fourth-order valence-corrected chi connectivity index (χ4v) is 4.76. The number of aromatic nitrogens is 4. The zero-order valence-electron chi connectivity index (χ0n) is 15.8. The molecule has 6 nitrogen and oxygen atoms in total. The summed E-state index contributed by atoms with van der Waals surface area (Å²) in [7, 11) is 0. The number of piperidine rings is 1.